The average molecular weight is 429 g/mol. The maximum atomic E-state index is 12.6. The van der Waals surface area contributed by atoms with Crippen LogP contribution in [0.5, 0.6) is 0 Å². The van der Waals surface area contributed by atoms with E-state index in [1.807, 2.05) is 47.4 Å². The third kappa shape index (κ3) is 4.18. The van der Waals surface area contributed by atoms with Crippen LogP contribution < -0.4 is 5.32 Å². The highest BCUT2D eigenvalue weighted by atomic mass is 32.1. The number of amides is 2. The van der Waals surface area contributed by atoms with Crippen LogP contribution in [0.1, 0.15) is 28.8 Å². The quantitative estimate of drug-likeness (QED) is 0.499. The minimum absolute atomic E-state index is 0.196. The number of anilines is 1. The number of likely N-dealkylation sites (tertiary alicyclic amines) is 1. The van der Waals surface area contributed by atoms with Gasteiger partial charge in [-0.3, -0.25) is 9.59 Å². The van der Waals surface area contributed by atoms with Gasteiger partial charge in [-0.25, -0.2) is 9.97 Å². The molecule has 0 bridgehead atoms. The van der Waals surface area contributed by atoms with Gasteiger partial charge < -0.3 is 10.2 Å². The number of carbonyl (C=O) groups excluding carboxylic acids is 2. The van der Waals surface area contributed by atoms with Crippen molar-refractivity contribution in [3.63, 3.8) is 0 Å². The zero-order chi connectivity index (χ0) is 21.2. The monoisotopic (exact) mass is 428 g/mol. The number of hydrogen-bond donors (Lipinski definition) is 1. The van der Waals surface area contributed by atoms with E-state index in [1.54, 1.807) is 35.7 Å². The molecule has 1 aliphatic heterocycles. The van der Waals surface area contributed by atoms with Gasteiger partial charge in [0.15, 0.2) is 0 Å². The van der Waals surface area contributed by atoms with Crippen LogP contribution in [-0.4, -0.2) is 33.2 Å². The van der Waals surface area contributed by atoms with Crippen molar-refractivity contribution in [2.45, 2.75) is 19.4 Å². The van der Waals surface area contributed by atoms with Crippen LogP contribution in [0, 0.1) is 0 Å². The lowest BCUT2D eigenvalue weighted by atomic mass is 10.1. The van der Waals surface area contributed by atoms with E-state index in [0.717, 1.165) is 39.3 Å². The molecule has 154 valence electrons. The molecule has 2 amide bonds. The van der Waals surface area contributed by atoms with Crippen molar-refractivity contribution >= 4 is 39.2 Å². The maximum absolute atomic E-state index is 12.6. The van der Waals surface area contributed by atoms with Crippen molar-refractivity contribution in [3.8, 4) is 10.6 Å². The third-order valence-electron chi connectivity index (χ3n) is 5.31. The Kier molecular flexibility index (Phi) is 5.18. The fourth-order valence-electron chi connectivity index (χ4n) is 3.63. The molecule has 1 fully saturated rings. The molecular weight excluding hydrogens is 408 g/mol. The number of nitrogens with zero attached hydrogens (tertiary/aromatic N) is 3. The number of carbonyl (C=O) groups is 2. The number of rotatable bonds is 5. The van der Waals surface area contributed by atoms with E-state index in [2.05, 4.69) is 15.3 Å². The molecule has 1 N–H and O–H groups in total. The number of pyridine rings is 1. The van der Waals surface area contributed by atoms with Crippen molar-refractivity contribution in [1.82, 2.24) is 14.9 Å². The van der Waals surface area contributed by atoms with Gasteiger partial charge in [0, 0.05) is 36.8 Å². The minimum Gasteiger partial charge on any atom is -0.338 e. The summed E-state index contributed by atoms with van der Waals surface area (Å²) in [5.41, 5.74) is 3.45. The molecule has 0 saturated carbocycles. The van der Waals surface area contributed by atoms with E-state index >= 15 is 0 Å². The highest BCUT2D eigenvalue weighted by Gasteiger charge is 2.20. The lowest BCUT2D eigenvalue weighted by Crippen LogP contribution is -2.23. The zero-order valence-corrected chi connectivity index (χ0v) is 17.6. The van der Waals surface area contributed by atoms with Crippen LogP contribution in [0.2, 0.25) is 0 Å². The van der Waals surface area contributed by atoms with E-state index in [1.165, 1.54) is 0 Å². The van der Waals surface area contributed by atoms with Gasteiger partial charge in [-0.2, -0.15) is 0 Å². The second-order valence-electron chi connectivity index (χ2n) is 7.49. The molecule has 6 nitrogen and oxygen atoms in total. The molecule has 0 aliphatic carbocycles. The molecular formula is C24H20N4O2S. The van der Waals surface area contributed by atoms with Gasteiger partial charge in [0.2, 0.25) is 5.91 Å². The summed E-state index contributed by atoms with van der Waals surface area (Å²) in [6.45, 7) is 1.40. The lowest BCUT2D eigenvalue weighted by molar-refractivity contribution is -0.128. The summed E-state index contributed by atoms with van der Waals surface area (Å²) in [6, 6.07) is 19.1. The van der Waals surface area contributed by atoms with Crippen LogP contribution in [0.25, 0.3) is 20.8 Å². The predicted octanol–water partition coefficient (Wildman–Crippen LogP) is 4.73. The molecule has 31 heavy (non-hydrogen) atoms. The van der Waals surface area contributed by atoms with Crippen LogP contribution in [0.15, 0.2) is 66.9 Å². The van der Waals surface area contributed by atoms with Gasteiger partial charge in [0.25, 0.3) is 5.91 Å². The highest BCUT2D eigenvalue weighted by Crippen LogP contribution is 2.29. The van der Waals surface area contributed by atoms with Gasteiger partial charge in [0.1, 0.15) is 10.8 Å². The molecule has 4 aromatic rings. The van der Waals surface area contributed by atoms with E-state index in [0.29, 0.717) is 24.3 Å². The Bertz CT molecular complexity index is 1220. The molecule has 2 aromatic heterocycles. The zero-order valence-electron chi connectivity index (χ0n) is 16.7. The van der Waals surface area contributed by atoms with Crippen molar-refractivity contribution < 1.29 is 9.59 Å². The fraction of sp³-hybridized carbons (Fsp3) is 0.167. The number of aromatic nitrogens is 2. The van der Waals surface area contributed by atoms with Crippen LogP contribution in [0.4, 0.5) is 5.82 Å². The number of benzene rings is 2. The Labute approximate surface area is 183 Å². The third-order valence-corrected chi connectivity index (χ3v) is 6.39. The van der Waals surface area contributed by atoms with Gasteiger partial charge in [-0.05, 0) is 48.4 Å². The molecule has 0 unspecified atom stereocenters. The fourth-order valence-corrected chi connectivity index (χ4v) is 4.59. The number of nitrogens with one attached hydrogen (secondary N) is 1. The first-order valence-electron chi connectivity index (χ1n) is 10.2. The Morgan fingerprint density at radius 2 is 1.90 bits per heavy atom. The summed E-state index contributed by atoms with van der Waals surface area (Å²) < 4.78 is 1.13. The van der Waals surface area contributed by atoms with E-state index < -0.39 is 0 Å². The summed E-state index contributed by atoms with van der Waals surface area (Å²) in [5.74, 6) is 0.466. The van der Waals surface area contributed by atoms with Crippen molar-refractivity contribution in [2.24, 2.45) is 0 Å². The summed E-state index contributed by atoms with van der Waals surface area (Å²) in [4.78, 5) is 35.2. The van der Waals surface area contributed by atoms with Crippen molar-refractivity contribution in [2.75, 3.05) is 11.9 Å². The Hall–Kier alpha value is -3.58. The smallest absolute Gasteiger partial charge is 0.256 e. The van der Waals surface area contributed by atoms with Gasteiger partial charge >= 0.3 is 0 Å². The molecule has 0 radical (unpaired) electrons. The summed E-state index contributed by atoms with van der Waals surface area (Å²) in [7, 11) is 0. The van der Waals surface area contributed by atoms with Crippen molar-refractivity contribution in [3.05, 3.63) is 78.0 Å². The maximum Gasteiger partial charge on any atom is 0.256 e. The summed E-state index contributed by atoms with van der Waals surface area (Å²) in [5, 5.41) is 3.73. The highest BCUT2D eigenvalue weighted by molar-refractivity contribution is 7.21. The summed E-state index contributed by atoms with van der Waals surface area (Å²) in [6.07, 6.45) is 3.28. The largest absolute Gasteiger partial charge is 0.338 e. The second kappa shape index (κ2) is 8.28. The Balaban J connectivity index is 1.24. The van der Waals surface area contributed by atoms with Crippen LogP contribution >= 0.6 is 11.3 Å². The van der Waals surface area contributed by atoms with Gasteiger partial charge in [-0.15, -0.1) is 11.3 Å². The average Bonchev–Trinajstić information content (AvgIpc) is 3.41. The molecule has 1 aliphatic rings. The number of hydrogen-bond acceptors (Lipinski definition) is 5. The van der Waals surface area contributed by atoms with E-state index in [9.17, 15) is 9.59 Å². The molecule has 3 heterocycles. The number of thiazole rings is 1. The molecule has 0 spiro atoms. The summed E-state index contributed by atoms with van der Waals surface area (Å²) >= 11 is 1.62. The van der Waals surface area contributed by atoms with Gasteiger partial charge in [-0.1, -0.05) is 24.3 Å². The van der Waals surface area contributed by atoms with E-state index in [-0.39, 0.29) is 11.8 Å². The first-order valence-corrected chi connectivity index (χ1v) is 11.0. The molecule has 0 atom stereocenters. The molecule has 1 saturated heterocycles. The Morgan fingerprint density at radius 1 is 1.06 bits per heavy atom. The molecule has 2 aromatic carbocycles. The predicted molar refractivity (Wildman–Crippen MR) is 122 cm³/mol. The number of para-hydroxylation sites is 1. The Morgan fingerprint density at radius 3 is 2.61 bits per heavy atom. The standard InChI is InChI=1S/C24H20N4O2S/c29-22-6-3-13-28(22)15-16-7-9-17(10-8-16)23(30)27-21-12-11-18(14-25-21)24-26-19-4-1-2-5-20(19)31-24/h1-2,4-5,7-12,14H,3,6,13,15H2,(H,25,27,30). The van der Waals surface area contributed by atoms with Crippen LogP contribution in [0.3, 0.4) is 0 Å². The first kappa shape index (κ1) is 19.4. The van der Waals surface area contributed by atoms with Gasteiger partial charge in [0.05, 0.1) is 10.2 Å². The normalized spacial score (nSPS) is 13.7. The lowest BCUT2D eigenvalue weighted by Gasteiger charge is -2.15. The van der Waals surface area contributed by atoms with Crippen LogP contribution in [-0.2, 0) is 11.3 Å². The minimum atomic E-state index is -0.218. The first-order chi connectivity index (χ1) is 15.2. The number of fused-ring (bicyclic) bond motifs is 1. The SMILES string of the molecule is O=C(Nc1ccc(-c2nc3ccccc3s2)cn1)c1ccc(CN2CCCC2=O)cc1. The molecule has 5 rings (SSSR count). The van der Waals surface area contributed by atoms with Crippen molar-refractivity contribution in [1.29, 1.82) is 0 Å². The molecule has 7 heteroatoms. The second-order valence-corrected chi connectivity index (χ2v) is 8.52. The topological polar surface area (TPSA) is 75.2 Å². The van der Waals surface area contributed by atoms with E-state index in [4.69, 9.17) is 0 Å².